The number of nitroso groups, excluding NO2 is 1. The Hall–Kier alpha value is -1.71. The monoisotopic (exact) mass is 218 g/mol. The van der Waals surface area contributed by atoms with Crippen molar-refractivity contribution in [2.24, 2.45) is 16.1 Å². The molecule has 0 saturated heterocycles. The second-order valence-corrected chi connectivity index (χ2v) is 4.19. The minimum Gasteiger partial charge on any atom is -0.475 e. The van der Waals surface area contributed by atoms with Crippen LogP contribution in [-0.4, -0.2) is 18.5 Å². The van der Waals surface area contributed by atoms with Gasteiger partial charge in [-0.1, -0.05) is 13.8 Å². The number of nitrogens with zero attached hydrogens (tertiary/aromatic N) is 2. The van der Waals surface area contributed by atoms with Crippen LogP contribution < -0.4 is 0 Å². The largest absolute Gasteiger partial charge is 0.475 e. The van der Waals surface area contributed by atoms with Gasteiger partial charge in [-0.15, -0.1) is 4.91 Å². The molecule has 1 heterocycles. The zero-order valence-corrected chi connectivity index (χ0v) is 9.38. The van der Waals surface area contributed by atoms with Gasteiger partial charge in [0.05, 0.1) is 6.04 Å². The fraction of sp³-hybridized carbons (Fsp3) is 0.417. The third-order valence-electron chi connectivity index (χ3n) is 2.66. The molecule has 1 aliphatic rings. The first-order chi connectivity index (χ1) is 7.70. The van der Waals surface area contributed by atoms with Gasteiger partial charge in [0.2, 0.25) is 5.90 Å². The number of hydrogen-bond acceptors (Lipinski definition) is 4. The third kappa shape index (κ3) is 2.10. The summed E-state index contributed by atoms with van der Waals surface area (Å²) in [6.45, 7) is 4.89. The van der Waals surface area contributed by atoms with Gasteiger partial charge in [-0.25, -0.2) is 4.99 Å². The number of ether oxygens (including phenoxy) is 1. The van der Waals surface area contributed by atoms with E-state index in [0.717, 1.165) is 5.56 Å². The molecule has 1 aromatic rings. The fourth-order valence-corrected chi connectivity index (χ4v) is 1.55. The first-order valence-corrected chi connectivity index (χ1v) is 5.35. The van der Waals surface area contributed by atoms with Crippen LogP contribution in [0.15, 0.2) is 34.4 Å². The van der Waals surface area contributed by atoms with E-state index in [1.165, 1.54) is 0 Å². The highest BCUT2D eigenvalue weighted by Crippen LogP contribution is 2.19. The van der Waals surface area contributed by atoms with Gasteiger partial charge >= 0.3 is 0 Å². The molecule has 0 bridgehead atoms. The summed E-state index contributed by atoms with van der Waals surface area (Å²) in [7, 11) is 0. The Labute approximate surface area is 94.3 Å². The van der Waals surface area contributed by atoms with Crippen molar-refractivity contribution in [1.29, 1.82) is 0 Å². The van der Waals surface area contributed by atoms with Crippen LogP contribution in [0.1, 0.15) is 19.4 Å². The Kier molecular flexibility index (Phi) is 2.99. The quantitative estimate of drug-likeness (QED) is 0.732. The molecule has 4 heteroatoms. The summed E-state index contributed by atoms with van der Waals surface area (Å²) in [4.78, 5) is 14.8. The first kappa shape index (κ1) is 10.8. The summed E-state index contributed by atoms with van der Waals surface area (Å²) in [6, 6.07) is 7.17. The van der Waals surface area contributed by atoms with Crippen molar-refractivity contribution < 1.29 is 4.74 Å². The van der Waals surface area contributed by atoms with Crippen molar-refractivity contribution in [2.75, 3.05) is 6.61 Å². The molecule has 1 aliphatic heterocycles. The minimum atomic E-state index is 0.235. The van der Waals surface area contributed by atoms with E-state index in [4.69, 9.17) is 4.74 Å². The molecule has 0 spiro atoms. The summed E-state index contributed by atoms with van der Waals surface area (Å²) in [5.74, 6) is 1.14. The fourth-order valence-electron chi connectivity index (χ4n) is 1.55. The lowest BCUT2D eigenvalue weighted by Crippen LogP contribution is -2.13. The first-order valence-electron chi connectivity index (χ1n) is 5.35. The second-order valence-electron chi connectivity index (χ2n) is 4.19. The average Bonchev–Trinajstić information content (AvgIpc) is 2.78. The molecule has 1 atom stereocenters. The standard InChI is InChI=1S/C12H14N2O2/c1-8(2)11-7-16-12(13-11)9-3-5-10(14-15)6-4-9/h3-6,8,11H,7H2,1-2H3/t11-/m1/s1. The molecule has 0 unspecified atom stereocenters. The van der Waals surface area contributed by atoms with E-state index in [0.29, 0.717) is 24.1 Å². The van der Waals surface area contributed by atoms with E-state index < -0.39 is 0 Å². The summed E-state index contributed by atoms with van der Waals surface area (Å²) in [5, 5.41) is 2.85. The lowest BCUT2D eigenvalue weighted by Gasteiger charge is -2.06. The van der Waals surface area contributed by atoms with E-state index in [1.807, 2.05) is 0 Å². The molecule has 0 amide bonds. The number of rotatable bonds is 3. The zero-order chi connectivity index (χ0) is 11.5. The molecule has 0 fully saturated rings. The molecule has 1 aromatic carbocycles. The van der Waals surface area contributed by atoms with Gasteiger partial charge in [-0.2, -0.15) is 0 Å². The van der Waals surface area contributed by atoms with Crippen molar-refractivity contribution in [1.82, 2.24) is 0 Å². The van der Waals surface area contributed by atoms with Crippen molar-refractivity contribution in [3.05, 3.63) is 34.7 Å². The molecule has 84 valence electrons. The molecule has 0 radical (unpaired) electrons. The Bertz CT molecular complexity index is 410. The van der Waals surface area contributed by atoms with Gasteiger partial charge in [0.25, 0.3) is 0 Å². The molecule has 2 rings (SSSR count). The summed E-state index contributed by atoms with van der Waals surface area (Å²) < 4.78 is 5.53. The maximum Gasteiger partial charge on any atom is 0.216 e. The molecule has 0 saturated carbocycles. The van der Waals surface area contributed by atoms with E-state index >= 15 is 0 Å². The Balaban J connectivity index is 2.19. The molecule has 0 aliphatic carbocycles. The van der Waals surface area contributed by atoms with Crippen LogP contribution >= 0.6 is 0 Å². The smallest absolute Gasteiger partial charge is 0.216 e. The number of aliphatic imine (C=N–C) groups is 1. The Morgan fingerprint density at radius 2 is 2.06 bits per heavy atom. The van der Waals surface area contributed by atoms with Crippen molar-refractivity contribution in [3.63, 3.8) is 0 Å². The van der Waals surface area contributed by atoms with Crippen molar-refractivity contribution in [2.45, 2.75) is 19.9 Å². The highest BCUT2D eigenvalue weighted by Gasteiger charge is 2.22. The zero-order valence-electron chi connectivity index (χ0n) is 9.38. The van der Waals surface area contributed by atoms with Crippen LogP contribution in [0.4, 0.5) is 5.69 Å². The molecule has 0 N–H and O–H groups in total. The molecule has 16 heavy (non-hydrogen) atoms. The Morgan fingerprint density at radius 3 is 2.56 bits per heavy atom. The third-order valence-corrected chi connectivity index (χ3v) is 2.66. The van der Waals surface area contributed by atoms with Gasteiger partial charge in [0.1, 0.15) is 12.3 Å². The predicted molar refractivity (Wildman–Crippen MR) is 63.0 cm³/mol. The second kappa shape index (κ2) is 4.43. The van der Waals surface area contributed by atoms with E-state index in [-0.39, 0.29) is 6.04 Å². The topological polar surface area (TPSA) is 51.0 Å². The van der Waals surface area contributed by atoms with E-state index in [1.54, 1.807) is 24.3 Å². The Morgan fingerprint density at radius 1 is 1.38 bits per heavy atom. The molecule has 4 nitrogen and oxygen atoms in total. The van der Waals surface area contributed by atoms with E-state index in [9.17, 15) is 4.91 Å². The molecular weight excluding hydrogens is 204 g/mol. The lowest BCUT2D eigenvalue weighted by atomic mass is 10.1. The van der Waals surface area contributed by atoms with Crippen LogP contribution in [0, 0.1) is 10.8 Å². The number of benzene rings is 1. The van der Waals surface area contributed by atoms with Crippen LogP contribution in [0.2, 0.25) is 0 Å². The summed E-state index contributed by atoms with van der Waals surface area (Å²) >= 11 is 0. The highest BCUT2D eigenvalue weighted by atomic mass is 16.5. The summed E-state index contributed by atoms with van der Waals surface area (Å²) in [6.07, 6.45) is 0. The minimum absolute atomic E-state index is 0.235. The molecule has 0 aromatic heterocycles. The number of hydrogen-bond donors (Lipinski definition) is 0. The van der Waals surface area contributed by atoms with Crippen LogP contribution in [0.3, 0.4) is 0 Å². The van der Waals surface area contributed by atoms with Gasteiger partial charge in [0.15, 0.2) is 0 Å². The van der Waals surface area contributed by atoms with Crippen LogP contribution in [-0.2, 0) is 4.74 Å². The van der Waals surface area contributed by atoms with Crippen LogP contribution in [0.5, 0.6) is 0 Å². The van der Waals surface area contributed by atoms with Crippen molar-refractivity contribution >= 4 is 11.6 Å². The van der Waals surface area contributed by atoms with Gasteiger partial charge in [0, 0.05) is 5.56 Å². The summed E-state index contributed by atoms with van der Waals surface area (Å²) in [5.41, 5.74) is 1.32. The van der Waals surface area contributed by atoms with Gasteiger partial charge in [-0.3, -0.25) is 0 Å². The SMILES string of the molecule is CC(C)[C@H]1COC(c2ccc(N=O)cc2)=N1. The lowest BCUT2D eigenvalue weighted by molar-refractivity contribution is 0.292. The normalized spacial score (nSPS) is 19.4. The van der Waals surface area contributed by atoms with Gasteiger partial charge < -0.3 is 4.74 Å². The maximum absolute atomic E-state index is 10.3. The average molecular weight is 218 g/mol. The molecular formula is C12H14N2O2. The van der Waals surface area contributed by atoms with E-state index in [2.05, 4.69) is 24.0 Å². The predicted octanol–water partition coefficient (Wildman–Crippen LogP) is 2.89. The van der Waals surface area contributed by atoms with Crippen molar-refractivity contribution in [3.8, 4) is 0 Å². The van der Waals surface area contributed by atoms with Gasteiger partial charge in [-0.05, 0) is 35.4 Å². The maximum atomic E-state index is 10.3. The highest BCUT2D eigenvalue weighted by molar-refractivity contribution is 5.95. The van der Waals surface area contributed by atoms with Crippen LogP contribution in [0.25, 0.3) is 0 Å².